The second-order valence-corrected chi connectivity index (χ2v) is 5.33. The Bertz CT molecular complexity index is 470. The molecule has 0 saturated heterocycles. The molecule has 1 unspecified atom stereocenters. The lowest BCUT2D eigenvalue weighted by molar-refractivity contribution is -0.136. The van der Waals surface area contributed by atoms with Gasteiger partial charge in [0.15, 0.2) is 0 Å². The van der Waals surface area contributed by atoms with Crippen molar-refractivity contribution in [3.8, 4) is 0 Å². The summed E-state index contributed by atoms with van der Waals surface area (Å²) in [5.41, 5.74) is 1.02. The number of carbonyl (C=O) groups is 1. The van der Waals surface area contributed by atoms with E-state index in [0.717, 1.165) is 36.4 Å². The third kappa shape index (κ3) is 3.60. The van der Waals surface area contributed by atoms with Crippen LogP contribution in [0.5, 0.6) is 0 Å². The monoisotopic (exact) mass is 277 g/mol. The minimum Gasteiger partial charge on any atom is -0.338 e. The van der Waals surface area contributed by atoms with Gasteiger partial charge in [-0.05, 0) is 37.8 Å². The highest BCUT2D eigenvalue weighted by atomic mass is 35.5. The predicted molar refractivity (Wildman–Crippen MR) is 79.0 cm³/mol. The van der Waals surface area contributed by atoms with E-state index in [9.17, 15) is 4.79 Å². The summed E-state index contributed by atoms with van der Waals surface area (Å²) in [7, 11) is 0. The third-order valence-corrected chi connectivity index (χ3v) is 4.00. The van der Waals surface area contributed by atoms with Crippen LogP contribution < -0.4 is 0 Å². The fourth-order valence-electron chi connectivity index (χ4n) is 2.45. The number of rotatable bonds is 4. The SMILES string of the molecule is CCN(Cc1ccccc1Cl)C(=O)C1CC=CCC1. The number of amides is 1. The molecule has 0 radical (unpaired) electrons. The van der Waals surface area contributed by atoms with Crippen LogP contribution in [0.1, 0.15) is 31.7 Å². The molecule has 19 heavy (non-hydrogen) atoms. The smallest absolute Gasteiger partial charge is 0.226 e. The van der Waals surface area contributed by atoms with Gasteiger partial charge < -0.3 is 4.90 Å². The minimum absolute atomic E-state index is 0.146. The maximum absolute atomic E-state index is 12.5. The van der Waals surface area contributed by atoms with E-state index in [1.54, 1.807) is 0 Å². The number of allylic oxidation sites excluding steroid dienone is 2. The zero-order valence-electron chi connectivity index (χ0n) is 11.3. The van der Waals surface area contributed by atoms with Gasteiger partial charge >= 0.3 is 0 Å². The average Bonchev–Trinajstić information content (AvgIpc) is 2.47. The molecule has 1 aliphatic rings. The number of hydrogen-bond acceptors (Lipinski definition) is 1. The minimum atomic E-state index is 0.146. The van der Waals surface area contributed by atoms with Crippen LogP contribution in [0.2, 0.25) is 5.02 Å². The van der Waals surface area contributed by atoms with Gasteiger partial charge in [-0.3, -0.25) is 4.79 Å². The summed E-state index contributed by atoms with van der Waals surface area (Å²) in [6.45, 7) is 3.35. The number of nitrogens with zero attached hydrogens (tertiary/aromatic N) is 1. The van der Waals surface area contributed by atoms with Gasteiger partial charge in [0.1, 0.15) is 0 Å². The molecule has 0 fully saturated rings. The maximum atomic E-state index is 12.5. The molecule has 3 heteroatoms. The molecule has 1 aromatic rings. The highest BCUT2D eigenvalue weighted by Gasteiger charge is 2.23. The van der Waals surface area contributed by atoms with Crippen molar-refractivity contribution in [2.45, 2.75) is 32.7 Å². The Kier molecular flexibility index (Phi) is 5.03. The molecule has 2 nitrogen and oxygen atoms in total. The number of carbonyl (C=O) groups excluding carboxylic acids is 1. The molecule has 0 bridgehead atoms. The first-order valence-corrected chi connectivity index (χ1v) is 7.27. The van der Waals surface area contributed by atoms with Crippen molar-refractivity contribution < 1.29 is 4.79 Å². The molecule has 1 aliphatic carbocycles. The molecule has 0 saturated carbocycles. The van der Waals surface area contributed by atoms with Gasteiger partial charge in [0.2, 0.25) is 5.91 Å². The Hall–Kier alpha value is -1.28. The Labute approximate surface area is 120 Å². The van der Waals surface area contributed by atoms with E-state index in [4.69, 9.17) is 11.6 Å². The second-order valence-electron chi connectivity index (χ2n) is 4.93. The van der Waals surface area contributed by atoms with E-state index in [0.29, 0.717) is 6.54 Å². The summed E-state index contributed by atoms with van der Waals surface area (Å²) < 4.78 is 0. The Morgan fingerprint density at radius 2 is 2.16 bits per heavy atom. The molecular formula is C16H20ClNO. The van der Waals surface area contributed by atoms with Crippen molar-refractivity contribution in [2.75, 3.05) is 6.54 Å². The maximum Gasteiger partial charge on any atom is 0.226 e. The molecule has 2 rings (SSSR count). The molecule has 0 heterocycles. The zero-order valence-corrected chi connectivity index (χ0v) is 12.1. The summed E-state index contributed by atoms with van der Waals surface area (Å²) >= 11 is 6.17. The first kappa shape index (κ1) is 14.1. The molecule has 102 valence electrons. The molecule has 0 N–H and O–H groups in total. The third-order valence-electron chi connectivity index (χ3n) is 3.63. The first-order valence-electron chi connectivity index (χ1n) is 6.89. The normalized spacial score (nSPS) is 18.3. The van der Waals surface area contributed by atoms with Crippen LogP contribution in [0.3, 0.4) is 0 Å². The van der Waals surface area contributed by atoms with Crippen LogP contribution in [0.25, 0.3) is 0 Å². The molecule has 0 aliphatic heterocycles. The van der Waals surface area contributed by atoms with E-state index in [1.807, 2.05) is 36.1 Å². The fraction of sp³-hybridized carbons (Fsp3) is 0.438. The van der Waals surface area contributed by atoms with E-state index < -0.39 is 0 Å². The van der Waals surface area contributed by atoms with Gasteiger partial charge in [-0.25, -0.2) is 0 Å². The van der Waals surface area contributed by atoms with Gasteiger partial charge in [-0.15, -0.1) is 0 Å². The molecular weight excluding hydrogens is 258 g/mol. The van der Waals surface area contributed by atoms with Crippen molar-refractivity contribution in [3.63, 3.8) is 0 Å². The van der Waals surface area contributed by atoms with Crippen molar-refractivity contribution in [3.05, 3.63) is 47.0 Å². The predicted octanol–water partition coefficient (Wildman–Crippen LogP) is 4.04. The Morgan fingerprint density at radius 3 is 2.79 bits per heavy atom. The fourth-order valence-corrected chi connectivity index (χ4v) is 2.65. The van der Waals surface area contributed by atoms with Crippen molar-refractivity contribution in [1.29, 1.82) is 0 Å². The first-order chi connectivity index (χ1) is 9.22. The topological polar surface area (TPSA) is 20.3 Å². The van der Waals surface area contributed by atoms with E-state index in [-0.39, 0.29) is 11.8 Å². The summed E-state index contributed by atoms with van der Waals surface area (Å²) in [6.07, 6.45) is 7.13. The lowest BCUT2D eigenvalue weighted by atomic mass is 9.93. The summed E-state index contributed by atoms with van der Waals surface area (Å²) in [5.74, 6) is 0.402. The molecule has 0 spiro atoms. The van der Waals surface area contributed by atoms with Crippen LogP contribution in [-0.2, 0) is 11.3 Å². The molecule has 1 atom stereocenters. The Balaban J connectivity index is 2.05. The summed E-state index contributed by atoms with van der Waals surface area (Å²) in [5, 5.41) is 0.734. The molecule has 0 aromatic heterocycles. The van der Waals surface area contributed by atoms with Crippen molar-refractivity contribution in [1.82, 2.24) is 4.90 Å². The summed E-state index contributed by atoms with van der Waals surface area (Å²) in [6, 6.07) is 7.73. The van der Waals surface area contributed by atoms with Gasteiger partial charge in [0.25, 0.3) is 0 Å². The van der Waals surface area contributed by atoms with Gasteiger partial charge in [0.05, 0.1) is 0 Å². The van der Waals surface area contributed by atoms with Crippen LogP contribution in [0.4, 0.5) is 0 Å². The lowest BCUT2D eigenvalue weighted by Crippen LogP contribution is -2.36. The van der Waals surface area contributed by atoms with E-state index in [2.05, 4.69) is 12.2 Å². The number of halogens is 1. The quantitative estimate of drug-likeness (QED) is 0.761. The van der Waals surface area contributed by atoms with E-state index in [1.165, 1.54) is 0 Å². The van der Waals surface area contributed by atoms with Crippen LogP contribution in [-0.4, -0.2) is 17.4 Å². The average molecular weight is 278 g/mol. The van der Waals surface area contributed by atoms with Gasteiger partial charge in [-0.2, -0.15) is 0 Å². The van der Waals surface area contributed by atoms with Gasteiger partial charge in [-0.1, -0.05) is 42.0 Å². The van der Waals surface area contributed by atoms with E-state index >= 15 is 0 Å². The zero-order chi connectivity index (χ0) is 13.7. The second kappa shape index (κ2) is 6.76. The largest absolute Gasteiger partial charge is 0.338 e. The van der Waals surface area contributed by atoms with Gasteiger partial charge in [0, 0.05) is 24.0 Å². The highest BCUT2D eigenvalue weighted by Crippen LogP contribution is 2.23. The van der Waals surface area contributed by atoms with Crippen molar-refractivity contribution in [2.24, 2.45) is 5.92 Å². The van der Waals surface area contributed by atoms with Crippen LogP contribution >= 0.6 is 11.6 Å². The summed E-state index contributed by atoms with van der Waals surface area (Å²) in [4.78, 5) is 14.4. The lowest BCUT2D eigenvalue weighted by Gasteiger charge is -2.27. The van der Waals surface area contributed by atoms with Crippen molar-refractivity contribution >= 4 is 17.5 Å². The standard InChI is InChI=1S/C16H20ClNO/c1-2-18(12-14-10-6-7-11-15(14)17)16(19)13-8-4-3-5-9-13/h3-4,6-7,10-11,13H,2,5,8-9,12H2,1H3. The Morgan fingerprint density at radius 1 is 1.37 bits per heavy atom. The molecule has 1 amide bonds. The van der Waals surface area contributed by atoms with Crippen LogP contribution in [0.15, 0.2) is 36.4 Å². The molecule has 1 aromatic carbocycles. The number of hydrogen-bond donors (Lipinski definition) is 0. The highest BCUT2D eigenvalue weighted by molar-refractivity contribution is 6.31. The van der Waals surface area contributed by atoms with Crippen LogP contribution in [0, 0.1) is 5.92 Å². The number of benzene rings is 1.